The van der Waals surface area contributed by atoms with E-state index in [0.29, 0.717) is 37.4 Å². The molecule has 0 unspecified atom stereocenters. The molecule has 1 amide bonds. The van der Waals surface area contributed by atoms with E-state index < -0.39 is 10.0 Å². The van der Waals surface area contributed by atoms with Crippen LogP contribution in [0.15, 0.2) is 35.2 Å². The Labute approximate surface area is 155 Å². The summed E-state index contributed by atoms with van der Waals surface area (Å²) in [7, 11) is -3.45. The van der Waals surface area contributed by atoms with Gasteiger partial charge in [-0.3, -0.25) is 4.79 Å². The van der Waals surface area contributed by atoms with Gasteiger partial charge in [0.05, 0.1) is 4.90 Å². The van der Waals surface area contributed by atoms with Crippen LogP contribution in [0.4, 0.5) is 0 Å². The van der Waals surface area contributed by atoms with Gasteiger partial charge >= 0.3 is 0 Å². The Balaban J connectivity index is 1.80. The molecule has 0 spiro atoms. The molecule has 1 heterocycles. The van der Waals surface area contributed by atoms with Crippen LogP contribution in [-0.2, 0) is 14.8 Å². The summed E-state index contributed by atoms with van der Waals surface area (Å²) in [6.07, 6.45) is 1.15. The fourth-order valence-corrected chi connectivity index (χ4v) is 5.08. The van der Waals surface area contributed by atoms with Crippen molar-refractivity contribution < 1.29 is 13.2 Å². The van der Waals surface area contributed by atoms with Crippen molar-refractivity contribution in [3.8, 4) is 0 Å². The average Bonchev–Trinajstić information content (AvgIpc) is 2.58. The molecule has 0 radical (unpaired) electrons. The number of amides is 1. The van der Waals surface area contributed by atoms with Crippen LogP contribution in [0.1, 0.15) is 33.6 Å². The van der Waals surface area contributed by atoms with Crippen molar-refractivity contribution in [3.63, 3.8) is 0 Å². The van der Waals surface area contributed by atoms with Crippen LogP contribution in [0, 0.1) is 5.92 Å². The minimum Gasteiger partial charge on any atom is -0.355 e. The summed E-state index contributed by atoms with van der Waals surface area (Å²) in [4.78, 5) is 12.6. The first-order valence-electron chi connectivity index (χ1n) is 8.67. The average molecular weight is 385 g/mol. The maximum Gasteiger partial charge on any atom is 0.243 e. The van der Waals surface area contributed by atoms with Crippen LogP contribution in [0.2, 0.25) is 0 Å². The van der Waals surface area contributed by atoms with Crippen molar-refractivity contribution in [2.75, 3.05) is 25.4 Å². The zero-order chi connectivity index (χ0) is 18.5. The molecule has 0 bridgehead atoms. The van der Waals surface area contributed by atoms with Crippen LogP contribution < -0.4 is 5.32 Å². The van der Waals surface area contributed by atoms with Gasteiger partial charge in [0.25, 0.3) is 0 Å². The van der Waals surface area contributed by atoms with Gasteiger partial charge in [-0.05, 0) is 25.0 Å². The molecule has 140 valence electrons. The zero-order valence-corrected chi connectivity index (χ0v) is 16.8. The number of hydrogen-bond acceptors (Lipinski definition) is 4. The van der Waals surface area contributed by atoms with Gasteiger partial charge in [0.2, 0.25) is 15.9 Å². The van der Waals surface area contributed by atoms with Gasteiger partial charge < -0.3 is 5.32 Å². The first kappa shape index (κ1) is 20.3. The molecule has 0 aliphatic carbocycles. The molecule has 0 saturated carbocycles. The summed E-state index contributed by atoms with van der Waals surface area (Å²) in [6, 6.07) is 8.47. The van der Waals surface area contributed by atoms with Crippen molar-refractivity contribution in [1.29, 1.82) is 0 Å². The SMILES string of the molecule is CC(C)(C)SCCNC(=O)C1CCN(S(=O)(=O)c2ccccc2)CC1. The van der Waals surface area contributed by atoms with Crippen molar-refractivity contribution in [2.45, 2.75) is 43.3 Å². The van der Waals surface area contributed by atoms with Crippen molar-refractivity contribution in [3.05, 3.63) is 30.3 Å². The molecule has 5 nitrogen and oxygen atoms in total. The maximum atomic E-state index is 12.6. The third-order valence-corrected chi connectivity index (χ3v) is 7.33. The van der Waals surface area contributed by atoms with E-state index in [4.69, 9.17) is 0 Å². The molecule has 25 heavy (non-hydrogen) atoms. The standard InChI is InChI=1S/C18H28N2O3S2/c1-18(2,3)24-14-11-19-17(21)15-9-12-20(13-10-15)25(22,23)16-7-5-4-6-8-16/h4-8,15H,9-14H2,1-3H3,(H,19,21). The van der Waals surface area contributed by atoms with E-state index in [1.165, 1.54) is 4.31 Å². The largest absolute Gasteiger partial charge is 0.355 e. The van der Waals surface area contributed by atoms with E-state index >= 15 is 0 Å². The van der Waals surface area contributed by atoms with E-state index in [1.54, 1.807) is 30.3 Å². The van der Waals surface area contributed by atoms with Crippen molar-refractivity contribution >= 4 is 27.7 Å². The van der Waals surface area contributed by atoms with Gasteiger partial charge in [0.1, 0.15) is 0 Å². The van der Waals surface area contributed by atoms with Crippen LogP contribution in [0.3, 0.4) is 0 Å². The summed E-state index contributed by atoms with van der Waals surface area (Å²) in [5.41, 5.74) is 0. The lowest BCUT2D eigenvalue weighted by atomic mass is 9.97. The second-order valence-corrected chi connectivity index (χ2v) is 11.1. The highest BCUT2D eigenvalue weighted by Crippen LogP contribution is 2.24. The summed E-state index contributed by atoms with van der Waals surface area (Å²) < 4.78 is 26.9. The minimum atomic E-state index is -3.45. The summed E-state index contributed by atoms with van der Waals surface area (Å²) in [5.74, 6) is 0.837. The van der Waals surface area contributed by atoms with E-state index in [-0.39, 0.29) is 16.6 Å². The number of carbonyl (C=O) groups is 1. The molecule has 1 aliphatic heterocycles. The molecular weight excluding hydrogens is 356 g/mol. The number of sulfonamides is 1. The van der Waals surface area contributed by atoms with E-state index in [1.807, 2.05) is 11.8 Å². The van der Waals surface area contributed by atoms with E-state index in [2.05, 4.69) is 26.1 Å². The topological polar surface area (TPSA) is 66.5 Å². The lowest BCUT2D eigenvalue weighted by molar-refractivity contribution is -0.125. The quantitative estimate of drug-likeness (QED) is 0.766. The van der Waals surface area contributed by atoms with Gasteiger partial charge in [-0.15, -0.1) is 0 Å². The van der Waals surface area contributed by atoms with Crippen molar-refractivity contribution in [1.82, 2.24) is 9.62 Å². The Kier molecular flexibility index (Phi) is 6.93. The highest BCUT2D eigenvalue weighted by atomic mass is 32.2. The zero-order valence-electron chi connectivity index (χ0n) is 15.2. The van der Waals surface area contributed by atoms with Crippen LogP contribution in [-0.4, -0.2) is 48.8 Å². The molecule has 1 aliphatic rings. The monoisotopic (exact) mass is 384 g/mol. The molecule has 7 heteroatoms. The van der Waals surface area contributed by atoms with Crippen LogP contribution in [0.5, 0.6) is 0 Å². The summed E-state index contributed by atoms with van der Waals surface area (Å²) in [6.45, 7) is 7.91. The number of carbonyl (C=O) groups excluding carboxylic acids is 1. The summed E-state index contributed by atoms with van der Waals surface area (Å²) >= 11 is 1.82. The molecule has 0 aromatic heterocycles. The van der Waals surface area contributed by atoms with Crippen LogP contribution >= 0.6 is 11.8 Å². The number of piperidine rings is 1. The third-order valence-electron chi connectivity index (χ3n) is 4.14. The molecule has 0 atom stereocenters. The molecule has 2 rings (SSSR count). The highest BCUT2D eigenvalue weighted by molar-refractivity contribution is 8.00. The molecular formula is C18H28N2O3S2. The Hall–Kier alpha value is -1.05. The van der Waals surface area contributed by atoms with E-state index in [9.17, 15) is 13.2 Å². The normalized spacial score (nSPS) is 17.4. The maximum absolute atomic E-state index is 12.6. The number of thioether (sulfide) groups is 1. The Morgan fingerprint density at radius 3 is 2.36 bits per heavy atom. The van der Waals surface area contributed by atoms with Gasteiger partial charge in [-0.2, -0.15) is 16.1 Å². The van der Waals surface area contributed by atoms with Gasteiger partial charge in [-0.25, -0.2) is 8.42 Å². The van der Waals surface area contributed by atoms with E-state index in [0.717, 1.165) is 5.75 Å². The molecule has 1 fully saturated rings. The fraction of sp³-hybridized carbons (Fsp3) is 0.611. The van der Waals surface area contributed by atoms with Gasteiger partial charge in [0.15, 0.2) is 0 Å². The second-order valence-electron chi connectivity index (χ2n) is 7.24. The Morgan fingerprint density at radius 1 is 1.20 bits per heavy atom. The molecule has 1 aromatic carbocycles. The molecule has 1 N–H and O–H groups in total. The number of rotatable bonds is 6. The number of hydrogen-bond donors (Lipinski definition) is 1. The Bertz CT molecular complexity index is 661. The highest BCUT2D eigenvalue weighted by Gasteiger charge is 2.31. The number of nitrogens with zero attached hydrogens (tertiary/aromatic N) is 1. The van der Waals surface area contributed by atoms with Crippen LogP contribution in [0.25, 0.3) is 0 Å². The lowest BCUT2D eigenvalue weighted by Gasteiger charge is -2.30. The van der Waals surface area contributed by atoms with Crippen molar-refractivity contribution in [2.24, 2.45) is 5.92 Å². The minimum absolute atomic E-state index is 0.0475. The van der Waals surface area contributed by atoms with Gasteiger partial charge in [-0.1, -0.05) is 39.0 Å². The second kappa shape index (κ2) is 8.56. The number of benzene rings is 1. The number of nitrogens with one attached hydrogen (secondary N) is 1. The van der Waals surface area contributed by atoms with Gasteiger partial charge in [0, 0.05) is 36.1 Å². The predicted molar refractivity (Wildman–Crippen MR) is 103 cm³/mol. The predicted octanol–water partition coefficient (Wildman–Crippen LogP) is 2.74. The smallest absolute Gasteiger partial charge is 0.243 e. The Morgan fingerprint density at radius 2 is 1.80 bits per heavy atom. The molecule has 1 aromatic rings. The third kappa shape index (κ3) is 6.01. The lowest BCUT2D eigenvalue weighted by Crippen LogP contribution is -2.43. The first-order chi connectivity index (χ1) is 11.7. The fourth-order valence-electron chi connectivity index (χ4n) is 2.78. The first-order valence-corrected chi connectivity index (χ1v) is 11.1. The molecule has 1 saturated heterocycles. The summed E-state index contributed by atoms with van der Waals surface area (Å²) in [5, 5.41) is 2.98.